The zero-order valence-corrected chi connectivity index (χ0v) is 13.4. The van der Waals surface area contributed by atoms with Crippen LogP contribution in [-0.4, -0.2) is 22.3 Å². The van der Waals surface area contributed by atoms with Crippen LogP contribution in [0.3, 0.4) is 0 Å². The number of aryl methyl sites for hydroxylation is 1. The fourth-order valence-corrected chi connectivity index (χ4v) is 3.62. The first-order valence-corrected chi connectivity index (χ1v) is 8.25. The smallest absolute Gasteiger partial charge is 0.251 e. The molecule has 0 saturated heterocycles. The van der Waals surface area contributed by atoms with Crippen molar-refractivity contribution in [3.63, 3.8) is 0 Å². The molecule has 0 aliphatic heterocycles. The van der Waals surface area contributed by atoms with Crippen molar-refractivity contribution in [3.05, 3.63) is 34.2 Å². The zero-order valence-electron chi connectivity index (χ0n) is 11.8. The molecule has 2 unspecified atom stereocenters. The molecule has 1 fully saturated rings. The third kappa shape index (κ3) is 3.72. The van der Waals surface area contributed by atoms with Gasteiger partial charge in [-0.05, 0) is 30.7 Å². The number of halogens is 1. The topological polar surface area (TPSA) is 51.1 Å². The number of aromatic nitrogens is 1. The molecule has 1 aliphatic carbocycles. The van der Waals surface area contributed by atoms with E-state index in [0.717, 1.165) is 5.33 Å². The molecular weight excluding hydrogens is 320 g/mol. The number of nitrogens with one attached hydrogen (secondary N) is 1. The molecule has 20 heavy (non-hydrogen) atoms. The third-order valence-electron chi connectivity index (χ3n) is 4.16. The van der Waals surface area contributed by atoms with E-state index in [-0.39, 0.29) is 11.5 Å². The van der Waals surface area contributed by atoms with E-state index in [9.17, 15) is 9.59 Å². The largest absolute Gasteiger partial charge is 0.352 e. The minimum Gasteiger partial charge on any atom is -0.352 e. The lowest BCUT2D eigenvalue weighted by Gasteiger charge is -2.30. The number of carbonyl (C=O) groups is 1. The third-order valence-corrected chi connectivity index (χ3v) is 4.99. The van der Waals surface area contributed by atoms with Gasteiger partial charge in [0.05, 0.1) is 0 Å². The van der Waals surface area contributed by atoms with Gasteiger partial charge >= 0.3 is 0 Å². The van der Waals surface area contributed by atoms with Crippen LogP contribution in [0.15, 0.2) is 23.1 Å². The standard InChI is InChI=1S/C15H21BrN2O2/c1-18-7-6-11(8-14(18)19)15(20)17-10-13-5-3-2-4-12(13)9-16/h6-8,12-13H,2-5,9-10H2,1H3,(H,17,20). The summed E-state index contributed by atoms with van der Waals surface area (Å²) in [5, 5.41) is 3.97. The molecule has 1 aliphatic rings. The molecule has 2 rings (SSSR count). The summed E-state index contributed by atoms with van der Waals surface area (Å²) >= 11 is 3.56. The van der Waals surface area contributed by atoms with Crippen molar-refractivity contribution in [2.24, 2.45) is 18.9 Å². The van der Waals surface area contributed by atoms with Crippen molar-refractivity contribution in [2.75, 3.05) is 11.9 Å². The van der Waals surface area contributed by atoms with Crippen molar-refractivity contribution < 1.29 is 4.79 Å². The second-order valence-electron chi connectivity index (χ2n) is 5.53. The number of rotatable bonds is 4. The molecule has 110 valence electrons. The van der Waals surface area contributed by atoms with Gasteiger partial charge in [-0.15, -0.1) is 0 Å². The normalized spacial score (nSPS) is 22.5. The quantitative estimate of drug-likeness (QED) is 0.855. The first-order valence-electron chi connectivity index (χ1n) is 7.12. The number of amides is 1. The second kappa shape index (κ2) is 7.07. The minimum absolute atomic E-state index is 0.151. The Bertz CT molecular complexity index is 527. The summed E-state index contributed by atoms with van der Waals surface area (Å²) in [6.45, 7) is 0.699. The van der Waals surface area contributed by atoms with Crippen LogP contribution < -0.4 is 10.9 Å². The van der Waals surface area contributed by atoms with Gasteiger partial charge < -0.3 is 9.88 Å². The lowest BCUT2D eigenvalue weighted by atomic mass is 9.80. The number of nitrogens with zero attached hydrogens (tertiary/aromatic N) is 1. The summed E-state index contributed by atoms with van der Waals surface area (Å²) in [6.07, 6.45) is 6.56. The van der Waals surface area contributed by atoms with Crippen LogP contribution >= 0.6 is 15.9 Å². The summed E-state index contributed by atoms with van der Waals surface area (Å²) in [5.74, 6) is 1.04. The Balaban J connectivity index is 1.94. The molecule has 1 amide bonds. The van der Waals surface area contributed by atoms with Gasteiger partial charge in [-0.1, -0.05) is 28.8 Å². The molecule has 1 aromatic rings. The van der Waals surface area contributed by atoms with Gasteiger partial charge in [0.1, 0.15) is 0 Å². The predicted molar refractivity (Wildman–Crippen MR) is 83.3 cm³/mol. The van der Waals surface area contributed by atoms with Crippen molar-refractivity contribution >= 4 is 21.8 Å². The Morgan fingerprint density at radius 3 is 2.75 bits per heavy atom. The first kappa shape index (κ1) is 15.3. The highest BCUT2D eigenvalue weighted by molar-refractivity contribution is 9.09. The maximum absolute atomic E-state index is 12.1. The number of pyridine rings is 1. The van der Waals surface area contributed by atoms with Crippen molar-refractivity contribution in [3.8, 4) is 0 Å². The maximum Gasteiger partial charge on any atom is 0.251 e. The Hall–Kier alpha value is -1.10. The average molecular weight is 341 g/mol. The van der Waals surface area contributed by atoms with Gasteiger partial charge in [0.25, 0.3) is 11.5 Å². The van der Waals surface area contributed by atoms with Gasteiger partial charge in [0, 0.05) is 36.7 Å². The van der Waals surface area contributed by atoms with E-state index in [4.69, 9.17) is 0 Å². The van der Waals surface area contributed by atoms with Crippen LogP contribution in [0.1, 0.15) is 36.0 Å². The van der Waals surface area contributed by atoms with E-state index < -0.39 is 0 Å². The molecule has 0 spiro atoms. The summed E-state index contributed by atoms with van der Waals surface area (Å²) in [5.41, 5.74) is 0.285. The fraction of sp³-hybridized carbons (Fsp3) is 0.600. The lowest BCUT2D eigenvalue weighted by molar-refractivity contribution is 0.0936. The number of carbonyl (C=O) groups excluding carboxylic acids is 1. The fourth-order valence-electron chi connectivity index (χ4n) is 2.77. The number of hydrogen-bond acceptors (Lipinski definition) is 2. The Morgan fingerprint density at radius 2 is 2.10 bits per heavy atom. The molecule has 1 heterocycles. The summed E-state index contributed by atoms with van der Waals surface area (Å²) < 4.78 is 1.46. The van der Waals surface area contributed by atoms with Crippen molar-refractivity contribution in [1.82, 2.24) is 9.88 Å². The first-order chi connectivity index (χ1) is 9.61. The van der Waals surface area contributed by atoms with E-state index in [1.165, 1.54) is 36.3 Å². The predicted octanol–water partition coefficient (Wildman–Crippen LogP) is 2.32. The van der Waals surface area contributed by atoms with Crippen LogP contribution in [0.4, 0.5) is 0 Å². The summed E-state index contributed by atoms with van der Waals surface area (Å²) in [6, 6.07) is 3.07. The van der Waals surface area contributed by atoms with Gasteiger partial charge in [-0.2, -0.15) is 0 Å². The van der Waals surface area contributed by atoms with Crippen LogP contribution in [-0.2, 0) is 7.05 Å². The molecule has 2 atom stereocenters. The highest BCUT2D eigenvalue weighted by atomic mass is 79.9. The highest BCUT2D eigenvalue weighted by Gasteiger charge is 2.24. The van der Waals surface area contributed by atoms with Crippen molar-refractivity contribution in [1.29, 1.82) is 0 Å². The molecule has 1 aromatic heterocycles. The highest BCUT2D eigenvalue weighted by Crippen LogP contribution is 2.30. The monoisotopic (exact) mass is 340 g/mol. The Labute approximate surface area is 127 Å². The van der Waals surface area contributed by atoms with E-state index in [0.29, 0.717) is 23.9 Å². The Morgan fingerprint density at radius 1 is 1.40 bits per heavy atom. The molecule has 4 nitrogen and oxygen atoms in total. The zero-order chi connectivity index (χ0) is 14.5. The van der Waals surface area contributed by atoms with Gasteiger partial charge in [-0.3, -0.25) is 9.59 Å². The summed E-state index contributed by atoms with van der Waals surface area (Å²) in [7, 11) is 1.67. The van der Waals surface area contributed by atoms with E-state index in [1.54, 1.807) is 19.3 Å². The second-order valence-corrected chi connectivity index (χ2v) is 6.18. The van der Waals surface area contributed by atoms with Crippen LogP contribution in [0, 0.1) is 11.8 Å². The number of hydrogen-bond donors (Lipinski definition) is 1. The molecule has 1 N–H and O–H groups in total. The molecule has 0 radical (unpaired) electrons. The maximum atomic E-state index is 12.1. The molecular formula is C15H21BrN2O2. The molecule has 0 bridgehead atoms. The van der Waals surface area contributed by atoms with Gasteiger partial charge in [0.2, 0.25) is 0 Å². The average Bonchev–Trinajstić information content (AvgIpc) is 2.47. The van der Waals surface area contributed by atoms with Crippen LogP contribution in [0.25, 0.3) is 0 Å². The Kier molecular flexibility index (Phi) is 5.40. The molecule has 0 aromatic carbocycles. The minimum atomic E-state index is -0.159. The molecule has 1 saturated carbocycles. The van der Waals surface area contributed by atoms with E-state index in [2.05, 4.69) is 21.2 Å². The van der Waals surface area contributed by atoms with Crippen molar-refractivity contribution in [2.45, 2.75) is 25.7 Å². The SMILES string of the molecule is Cn1ccc(C(=O)NCC2CCCCC2CBr)cc1=O. The van der Waals surface area contributed by atoms with E-state index in [1.807, 2.05) is 0 Å². The lowest BCUT2D eigenvalue weighted by Crippen LogP contribution is -2.35. The van der Waals surface area contributed by atoms with Crippen LogP contribution in [0.2, 0.25) is 0 Å². The molecule has 5 heteroatoms. The van der Waals surface area contributed by atoms with Gasteiger partial charge in [-0.25, -0.2) is 0 Å². The van der Waals surface area contributed by atoms with Crippen LogP contribution in [0.5, 0.6) is 0 Å². The number of alkyl halides is 1. The summed E-state index contributed by atoms with van der Waals surface area (Å²) in [4.78, 5) is 23.6. The van der Waals surface area contributed by atoms with Gasteiger partial charge in [0.15, 0.2) is 0 Å². The van der Waals surface area contributed by atoms with E-state index >= 15 is 0 Å².